The second-order valence-electron chi connectivity index (χ2n) is 4.50. The average molecular weight is 323 g/mol. The number of carbonyl (C=O) groups is 1. The van der Waals surface area contributed by atoms with E-state index in [2.05, 4.69) is 5.32 Å². The second kappa shape index (κ2) is 6.20. The van der Waals surface area contributed by atoms with Crippen LogP contribution in [0.2, 0.25) is 5.02 Å². The molecule has 6 heteroatoms. The smallest absolute Gasteiger partial charge is 0.255 e. The van der Waals surface area contributed by atoms with Crippen LogP contribution < -0.4 is 11.1 Å². The Balaban J connectivity index is 2.36. The number of thiocarbonyl (C=S) groups is 1. The van der Waals surface area contributed by atoms with E-state index in [0.29, 0.717) is 10.6 Å². The van der Waals surface area contributed by atoms with Crippen LogP contribution in [0, 0.1) is 12.7 Å². The fourth-order valence-electron chi connectivity index (χ4n) is 1.94. The molecule has 0 saturated heterocycles. The summed E-state index contributed by atoms with van der Waals surface area (Å²) in [4.78, 5) is 12.1. The highest BCUT2D eigenvalue weighted by molar-refractivity contribution is 7.80. The van der Waals surface area contributed by atoms with Gasteiger partial charge in [-0.1, -0.05) is 29.9 Å². The summed E-state index contributed by atoms with van der Waals surface area (Å²) in [6.45, 7) is 1.82. The Morgan fingerprint density at radius 3 is 2.67 bits per heavy atom. The zero-order valence-electron chi connectivity index (χ0n) is 11.1. The predicted molar refractivity (Wildman–Crippen MR) is 86.4 cm³/mol. The molecule has 2 aromatic rings. The first-order valence-electron chi connectivity index (χ1n) is 6.05. The van der Waals surface area contributed by atoms with Gasteiger partial charge in [0.1, 0.15) is 10.8 Å². The third-order valence-electron chi connectivity index (χ3n) is 2.81. The van der Waals surface area contributed by atoms with Crippen LogP contribution in [0.15, 0.2) is 36.4 Å². The molecule has 0 saturated carbocycles. The van der Waals surface area contributed by atoms with Crippen molar-refractivity contribution in [2.24, 2.45) is 5.73 Å². The van der Waals surface area contributed by atoms with E-state index in [1.54, 1.807) is 12.1 Å². The SMILES string of the molecule is Cc1cc(Cl)cc(C(=O)Nc2cccc(F)c2C(N)=S)c1. The fraction of sp³-hybridized carbons (Fsp3) is 0.0667. The number of carbonyl (C=O) groups excluding carboxylic acids is 1. The predicted octanol–water partition coefficient (Wildman–Crippen LogP) is 3.67. The molecule has 21 heavy (non-hydrogen) atoms. The highest BCUT2D eigenvalue weighted by atomic mass is 35.5. The molecule has 0 radical (unpaired) electrons. The van der Waals surface area contributed by atoms with Gasteiger partial charge < -0.3 is 11.1 Å². The van der Waals surface area contributed by atoms with Gasteiger partial charge >= 0.3 is 0 Å². The highest BCUT2D eigenvalue weighted by Crippen LogP contribution is 2.21. The molecule has 0 aromatic heterocycles. The molecule has 3 N–H and O–H groups in total. The van der Waals surface area contributed by atoms with Crippen molar-refractivity contribution >= 4 is 40.4 Å². The van der Waals surface area contributed by atoms with Gasteiger partial charge in [0.15, 0.2) is 0 Å². The van der Waals surface area contributed by atoms with Crippen molar-refractivity contribution < 1.29 is 9.18 Å². The molecular formula is C15H12ClFN2OS. The van der Waals surface area contributed by atoms with Crippen molar-refractivity contribution in [2.45, 2.75) is 6.92 Å². The molecule has 0 heterocycles. The summed E-state index contributed by atoms with van der Waals surface area (Å²) in [6.07, 6.45) is 0. The molecule has 0 aliphatic heterocycles. The topological polar surface area (TPSA) is 55.1 Å². The number of anilines is 1. The Kier molecular flexibility index (Phi) is 4.55. The number of rotatable bonds is 3. The van der Waals surface area contributed by atoms with Gasteiger partial charge in [-0.15, -0.1) is 0 Å². The van der Waals surface area contributed by atoms with Crippen molar-refractivity contribution in [3.8, 4) is 0 Å². The molecule has 108 valence electrons. The maximum Gasteiger partial charge on any atom is 0.255 e. The maximum atomic E-state index is 13.7. The lowest BCUT2D eigenvalue weighted by Crippen LogP contribution is -2.19. The second-order valence-corrected chi connectivity index (χ2v) is 5.37. The molecule has 0 fully saturated rings. The third-order valence-corrected chi connectivity index (χ3v) is 3.23. The Morgan fingerprint density at radius 1 is 1.33 bits per heavy atom. The number of hydrogen-bond donors (Lipinski definition) is 2. The first kappa shape index (κ1) is 15.4. The lowest BCUT2D eigenvalue weighted by molar-refractivity contribution is 0.102. The van der Waals surface area contributed by atoms with Gasteiger partial charge in [-0.3, -0.25) is 4.79 Å². The van der Waals surface area contributed by atoms with Gasteiger partial charge in [-0.2, -0.15) is 0 Å². The molecule has 0 aliphatic rings. The first-order chi connectivity index (χ1) is 9.88. The van der Waals surface area contributed by atoms with E-state index in [1.165, 1.54) is 24.3 Å². The average Bonchev–Trinajstić information content (AvgIpc) is 2.37. The van der Waals surface area contributed by atoms with E-state index in [1.807, 2.05) is 6.92 Å². The monoisotopic (exact) mass is 322 g/mol. The number of hydrogen-bond acceptors (Lipinski definition) is 2. The number of amides is 1. The maximum absolute atomic E-state index is 13.7. The van der Waals surface area contributed by atoms with Crippen LogP contribution in [-0.4, -0.2) is 10.9 Å². The van der Waals surface area contributed by atoms with Gasteiger partial charge in [-0.05, 0) is 42.8 Å². The Bertz CT molecular complexity index is 713. The summed E-state index contributed by atoms with van der Waals surface area (Å²) in [5.74, 6) is -0.994. The van der Waals surface area contributed by atoms with Gasteiger partial charge in [0.2, 0.25) is 0 Å². The summed E-state index contributed by atoms with van der Waals surface area (Å²) in [5.41, 5.74) is 6.96. The molecule has 0 unspecified atom stereocenters. The Labute approximate surface area is 131 Å². The third kappa shape index (κ3) is 3.56. The first-order valence-corrected chi connectivity index (χ1v) is 6.84. The number of benzene rings is 2. The molecule has 0 aliphatic carbocycles. The van der Waals surface area contributed by atoms with Crippen molar-refractivity contribution in [1.29, 1.82) is 0 Å². The summed E-state index contributed by atoms with van der Waals surface area (Å²) in [7, 11) is 0. The van der Waals surface area contributed by atoms with Crippen LogP contribution in [0.1, 0.15) is 21.5 Å². The van der Waals surface area contributed by atoms with Crippen LogP contribution in [-0.2, 0) is 0 Å². The lowest BCUT2D eigenvalue weighted by Gasteiger charge is -2.11. The van der Waals surface area contributed by atoms with E-state index in [-0.39, 0.29) is 16.2 Å². The van der Waals surface area contributed by atoms with Crippen LogP contribution in [0.4, 0.5) is 10.1 Å². The summed E-state index contributed by atoms with van der Waals surface area (Å²) < 4.78 is 13.7. The minimum Gasteiger partial charge on any atom is -0.389 e. The van der Waals surface area contributed by atoms with Crippen molar-refractivity contribution in [2.75, 3.05) is 5.32 Å². The summed E-state index contributed by atoms with van der Waals surface area (Å²) >= 11 is 10.7. The minimum atomic E-state index is -0.581. The Hall–Kier alpha value is -1.98. The summed E-state index contributed by atoms with van der Waals surface area (Å²) in [6, 6.07) is 9.18. The zero-order chi connectivity index (χ0) is 15.6. The van der Waals surface area contributed by atoms with Gasteiger partial charge in [-0.25, -0.2) is 4.39 Å². The molecule has 2 aromatic carbocycles. The minimum absolute atomic E-state index is 0.0135. The van der Waals surface area contributed by atoms with Crippen LogP contribution >= 0.6 is 23.8 Å². The number of halogens is 2. The fourth-order valence-corrected chi connectivity index (χ4v) is 2.44. The van der Waals surface area contributed by atoms with E-state index in [0.717, 1.165) is 5.56 Å². The molecule has 0 spiro atoms. The van der Waals surface area contributed by atoms with Crippen LogP contribution in [0.5, 0.6) is 0 Å². The van der Waals surface area contributed by atoms with E-state index in [4.69, 9.17) is 29.6 Å². The van der Waals surface area contributed by atoms with Crippen LogP contribution in [0.3, 0.4) is 0 Å². The molecular weight excluding hydrogens is 311 g/mol. The van der Waals surface area contributed by atoms with Crippen molar-refractivity contribution in [3.05, 3.63) is 63.9 Å². The van der Waals surface area contributed by atoms with Gasteiger partial charge in [0.25, 0.3) is 5.91 Å². The van der Waals surface area contributed by atoms with E-state index < -0.39 is 11.7 Å². The zero-order valence-corrected chi connectivity index (χ0v) is 12.7. The van der Waals surface area contributed by atoms with Gasteiger partial charge in [0.05, 0.1) is 11.3 Å². The molecule has 0 atom stereocenters. The summed E-state index contributed by atoms with van der Waals surface area (Å²) in [5, 5.41) is 3.05. The largest absolute Gasteiger partial charge is 0.389 e. The lowest BCUT2D eigenvalue weighted by atomic mass is 10.1. The molecule has 3 nitrogen and oxygen atoms in total. The molecule has 2 rings (SSSR count). The van der Waals surface area contributed by atoms with Gasteiger partial charge in [0, 0.05) is 10.6 Å². The van der Waals surface area contributed by atoms with Crippen molar-refractivity contribution in [3.63, 3.8) is 0 Å². The quantitative estimate of drug-likeness (QED) is 0.848. The Morgan fingerprint density at radius 2 is 2.05 bits per heavy atom. The van der Waals surface area contributed by atoms with Crippen molar-refractivity contribution in [1.82, 2.24) is 0 Å². The number of nitrogens with two attached hydrogens (primary N) is 1. The number of aryl methyl sites for hydroxylation is 1. The van der Waals surface area contributed by atoms with Crippen LogP contribution in [0.25, 0.3) is 0 Å². The number of nitrogens with one attached hydrogen (secondary N) is 1. The van der Waals surface area contributed by atoms with E-state index >= 15 is 0 Å². The standard InChI is InChI=1S/C15H12ClFN2OS/c1-8-5-9(7-10(16)6-8)15(20)19-12-4-2-3-11(17)13(12)14(18)21/h2-7H,1H3,(H2,18,21)(H,19,20). The van der Waals surface area contributed by atoms with E-state index in [9.17, 15) is 9.18 Å². The normalized spacial score (nSPS) is 10.2. The molecule has 0 bridgehead atoms. The molecule has 1 amide bonds. The highest BCUT2D eigenvalue weighted by Gasteiger charge is 2.14.